The molecule has 0 bridgehead atoms. The maximum Gasteiger partial charge on any atom is 0.295 e. The van der Waals surface area contributed by atoms with Gasteiger partial charge in [0.05, 0.1) is 39.0 Å². The maximum atomic E-state index is 13.2. The molecular formula is C26H30N2O6. The summed E-state index contributed by atoms with van der Waals surface area (Å²) < 4.78 is 16.0. The molecule has 4 rings (SSSR count). The lowest BCUT2D eigenvalue weighted by Crippen LogP contribution is -2.38. The maximum absolute atomic E-state index is 13.2. The first kappa shape index (κ1) is 23.8. The predicted molar refractivity (Wildman–Crippen MR) is 127 cm³/mol. The third kappa shape index (κ3) is 4.93. The molecular weight excluding hydrogens is 436 g/mol. The van der Waals surface area contributed by atoms with Crippen LogP contribution in [0.4, 0.5) is 0 Å². The lowest BCUT2D eigenvalue weighted by atomic mass is 9.95. The van der Waals surface area contributed by atoms with Gasteiger partial charge in [-0.05, 0) is 48.4 Å². The standard InChI is InChI=1S/C26H30N2O6/c1-32-20-9-7-18(8-10-20)24(29)22-23(19-5-3-6-21(17-19)33-2)28(26(31)25(22)30)12-4-11-27-13-15-34-16-14-27/h3,5-10,17,23,29H,4,11-16H2,1-2H3/b24-22+/t23-/m0/s1. The van der Waals surface area contributed by atoms with Crippen molar-refractivity contribution in [3.63, 3.8) is 0 Å². The lowest BCUT2D eigenvalue weighted by molar-refractivity contribution is -0.140. The van der Waals surface area contributed by atoms with E-state index < -0.39 is 17.7 Å². The average molecular weight is 467 g/mol. The number of nitrogens with zero attached hydrogens (tertiary/aromatic N) is 2. The summed E-state index contributed by atoms with van der Waals surface area (Å²) in [6, 6.07) is 13.3. The summed E-state index contributed by atoms with van der Waals surface area (Å²) >= 11 is 0. The van der Waals surface area contributed by atoms with Crippen LogP contribution in [0.15, 0.2) is 54.1 Å². The number of likely N-dealkylation sites (tertiary alicyclic amines) is 1. The molecule has 8 nitrogen and oxygen atoms in total. The second-order valence-electron chi connectivity index (χ2n) is 8.31. The minimum absolute atomic E-state index is 0.0785. The first-order chi connectivity index (χ1) is 16.5. The number of methoxy groups -OCH3 is 2. The quantitative estimate of drug-likeness (QED) is 0.364. The number of aliphatic hydroxyl groups is 1. The third-order valence-corrected chi connectivity index (χ3v) is 6.29. The molecule has 1 atom stereocenters. The second-order valence-corrected chi connectivity index (χ2v) is 8.31. The number of rotatable bonds is 8. The predicted octanol–water partition coefficient (Wildman–Crippen LogP) is 2.85. The Balaban J connectivity index is 1.68. The molecule has 2 aromatic carbocycles. The van der Waals surface area contributed by atoms with Gasteiger partial charge < -0.3 is 24.2 Å². The van der Waals surface area contributed by atoms with Gasteiger partial charge in [-0.2, -0.15) is 0 Å². The van der Waals surface area contributed by atoms with Gasteiger partial charge in [-0.3, -0.25) is 14.5 Å². The highest BCUT2D eigenvalue weighted by atomic mass is 16.5. The fourth-order valence-corrected chi connectivity index (χ4v) is 4.46. The molecule has 2 heterocycles. The van der Waals surface area contributed by atoms with Gasteiger partial charge in [0.1, 0.15) is 17.3 Å². The van der Waals surface area contributed by atoms with E-state index in [1.165, 1.54) is 0 Å². The smallest absolute Gasteiger partial charge is 0.295 e. The molecule has 2 aliphatic heterocycles. The molecule has 0 aromatic heterocycles. The number of ether oxygens (including phenoxy) is 3. The van der Waals surface area contributed by atoms with E-state index in [2.05, 4.69) is 4.90 Å². The third-order valence-electron chi connectivity index (χ3n) is 6.29. The zero-order valence-corrected chi connectivity index (χ0v) is 19.5. The zero-order chi connectivity index (χ0) is 24.1. The molecule has 2 aliphatic rings. The molecule has 1 N–H and O–H groups in total. The Bertz CT molecular complexity index is 1060. The zero-order valence-electron chi connectivity index (χ0n) is 19.5. The van der Waals surface area contributed by atoms with Crippen molar-refractivity contribution < 1.29 is 28.9 Å². The average Bonchev–Trinajstić information content (AvgIpc) is 3.14. The summed E-state index contributed by atoms with van der Waals surface area (Å²) in [5, 5.41) is 11.2. The van der Waals surface area contributed by atoms with E-state index in [4.69, 9.17) is 14.2 Å². The Hall–Kier alpha value is -3.36. The number of Topliss-reactive ketones (excluding diaryl/α,β-unsaturated/α-hetero) is 1. The lowest BCUT2D eigenvalue weighted by Gasteiger charge is -2.29. The van der Waals surface area contributed by atoms with Gasteiger partial charge >= 0.3 is 0 Å². The Morgan fingerprint density at radius 2 is 1.71 bits per heavy atom. The Morgan fingerprint density at radius 1 is 1.00 bits per heavy atom. The van der Waals surface area contributed by atoms with E-state index in [9.17, 15) is 14.7 Å². The fourth-order valence-electron chi connectivity index (χ4n) is 4.46. The molecule has 0 spiro atoms. The number of benzene rings is 2. The summed E-state index contributed by atoms with van der Waals surface area (Å²) in [6.07, 6.45) is 0.704. The topological polar surface area (TPSA) is 88.5 Å². The molecule has 0 saturated carbocycles. The molecule has 0 unspecified atom stereocenters. The van der Waals surface area contributed by atoms with Crippen LogP contribution in [0.3, 0.4) is 0 Å². The van der Waals surface area contributed by atoms with Gasteiger partial charge in [0, 0.05) is 31.7 Å². The van der Waals surface area contributed by atoms with Crippen LogP contribution in [0.2, 0.25) is 0 Å². The number of aliphatic hydroxyl groups excluding tert-OH is 1. The first-order valence-corrected chi connectivity index (χ1v) is 11.4. The number of morpholine rings is 1. The minimum atomic E-state index is -0.707. The van der Waals surface area contributed by atoms with Crippen molar-refractivity contribution in [3.05, 3.63) is 65.2 Å². The summed E-state index contributed by atoms with van der Waals surface area (Å²) in [4.78, 5) is 30.1. The van der Waals surface area contributed by atoms with Crippen molar-refractivity contribution in [1.82, 2.24) is 9.80 Å². The number of hydrogen-bond donors (Lipinski definition) is 1. The van der Waals surface area contributed by atoms with Crippen molar-refractivity contribution in [2.24, 2.45) is 0 Å². The molecule has 2 aromatic rings. The highest BCUT2D eigenvalue weighted by Gasteiger charge is 2.45. The largest absolute Gasteiger partial charge is 0.507 e. The Kier molecular flexibility index (Phi) is 7.49. The summed E-state index contributed by atoms with van der Waals surface area (Å²) in [6.45, 7) is 4.32. The molecule has 0 radical (unpaired) electrons. The minimum Gasteiger partial charge on any atom is -0.507 e. The van der Waals surface area contributed by atoms with Gasteiger partial charge in [0.25, 0.3) is 11.7 Å². The van der Waals surface area contributed by atoms with Crippen LogP contribution in [0, 0.1) is 0 Å². The van der Waals surface area contributed by atoms with E-state index in [0.29, 0.717) is 48.8 Å². The summed E-state index contributed by atoms with van der Waals surface area (Å²) in [7, 11) is 3.12. The monoisotopic (exact) mass is 466 g/mol. The SMILES string of the molecule is COc1ccc(/C(O)=C2\C(=O)C(=O)N(CCCN3CCOCC3)[C@H]2c2cccc(OC)c2)cc1. The van der Waals surface area contributed by atoms with Crippen molar-refractivity contribution in [2.75, 3.05) is 53.6 Å². The van der Waals surface area contributed by atoms with Gasteiger partial charge in [-0.1, -0.05) is 12.1 Å². The second kappa shape index (κ2) is 10.7. The number of amides is 1. The van der Waals surface area contributed by atoms with Crippen LogP contribution in [-0.2, 0) is 14.3 Å². The van der Waals surface area contributed by atoms with E-state index in [0.717, 1.165) is 19.6 Å². The van der Waals surface area contributed by atoms with Crippen LogP contribution in [0.5, 0.6) is 11.5 Å². The van der Waals surface area contributed by atoms with Gasteiger partial charge in [0.2, 0.25) is 0 Å². The number of carbonyl (C=O) groups excluding carboxylic acids is 2. The van der Waals surface area contributed by atoms with Gasteiger partial charge in [-0.15, -0.1) is 0 Å². The number of ketones is 1. The first-order valence-electron chi connectivity index (χ1n) is 11.4. The summed E-state index contributed by atoms with van der Waals surface area (Å²) in [5.41, 5.74) is 1.23. The number of hydrogen-bond acceptors (Lipinski definition) is 7. The van der Waals surface area contributed by atoms with Crippen molar-refractivity contribution in [1.29, 1.82) is 0 Å². The van der Waals surface area contributed by atoms with Crippen LogP contribution in [0.1, 0.15) is 23.6 Å². The molecule has 2 fully saturated rings. The van der Waals surface area contributed by atoms with Crippen molar-refractivity contribution in [3.8, 4) is 11.5 Å². The van der Waals surface area contributed by atoms with Crippen LogP contribution in [-0.4, -0.2) is 80.2 Å². The highest BCUT2D eigenvalue weighted by molar-refractivity contribution is 6.46. The van der Waals surface area contributed by atoms with Gasteiger partial charge in [-0.25, -0.2) is 0 Å². The molecule has 2 saturated heterocycles. The van der Waals surface area contributed by atoms with Crippen LogP contribution >= 0.6 is 0 Å². The van der Waals surface area contributed by atoms with E-state index >= 15 is 0 Å². The molecule has 34 heavy (non-hydrogen) atoms. The van der Waals surface area contributed by atoms with Gasteiger partial charge in [0.15, 0.2) is 0 Å². The Morgan fingerprint density at radius 3 is 2.38 bits per heavy atom. The Labute approximate surface area is 199 Å². The molecule has 0 aliphatic carbocycles. The molecule has 1 amide bonds. The summed E-state index contributed by atoms with van der Waals surface area (Å²) in [5.74, 6) is -0.257. The fraction of sp³-hybridized carbons (Fsp3) is 0.385. The van der Waals surface area contributed by atoms with E-state index in [1.54, 1.807) is 55.5 Å². The van der Waals surface area contributed by atoms with E-state index in [-0.39, 0.29) is 11.3 Å². The highest BCUT2D eigenvalue weighted by Crippen LogP contribution is 2.40. The molecule has 180 valence electrons. The van der Waals surface area contributed by atoms with Crippen molar-refractivity contribution >= 4 is 17.4 Å². The van der Waals surface area contributed by atoms with E-state index in [1.807, 2.05) is 12.1 Å². The van der Waals surface area contributed by atoms with Crippen LogP contribution in [0.25, 0.3) is 5.76 Å². The number of carbonyl (C=O) groups is 2. The van der Waals surface area contributed by atoms with Crippen molar-refractivity contribution in [2.45, 2.75) is 12.5 Å². The normalized spacial score (nSPS) is 20.5. The molecule has 8 heteroatoms. The van der Waals surface area contributed by atoms with Crippen LogP contribution < -0.4 is 9.47 Å².